The summed E-state index contributed by atoms with van der Waals surface area (Å²) in [5.41, 5.74) is 8.14. The number of rotatable bonds is 5. The summed E-state index contributed by atoms with van der Waals surface area (Å²) in [7, 11) is 0. The third kappa shape index (κ3) is 3.55. The molecule has 0 aliphatic carbocycles. The third-order valence-electron chi connectivity index (χ3n) is 3.86. The van der Waals surface area contributed by atoms with Crippen molar-refractivity contribution in [3.63, 3.8) is 0 Å². The summed E-state index contributed by atoms with van der Waals surface area (Å²) < 4.78 is 0. The fourth-order valence-electron chi connectivity index (χ4n) is 2.76. The standard InChI is InChI=1S/C15H24N2O/c16-11-13-4-6-14(7-5-13)12-17-9-2-1-3-15(17)8-10-18/h4-7,15,18H,1-3,8-12,16H2. The van der Waals surface area contributed by atoms with Crippen molar-refractivity contribution in [2.24, 2.45) is 5.73 Å². The van der Waals surface area contributed by atoms with E-state index >= 15 is 0 Å². The van der Waals surface area contributed by atoms with Gasteiger partial charge in [0.25, 0.3) is 0 Å². The Labute approximate surface area is 110 Å². The van der Waals surface area contributed by atoms with E-state index in [4.69, 9.17) is 10.8 Å². The molecular weight excluding hydrogens is 224 g/mol. The molecule has 0 saturated carbocycles. The molecule has 1 saturated heterocycles. The molecule has 100 valence electrons. The van der Waals surface area contributed by atoms with Crippen molar-refractivity contribution in [1.82, 2.24) is 4.90 Å². The molecule has 18 heavy (non-hydrogen) atoms. The number of nitrogens with zero attached hydrogens (tertiary/aromatic N) is 1. The average molecular weight is 248 g/mol. The second-order valence-corrected chi connectivity index (χ2v) is 5.15. The summed E-state index contributed by atoms with van der Waals surface area (Å²) in [5.74, 6) is 0. The molecule has 0 amide bonds. The minimum absolute atomic E-state index is 0.299. The number of aliphatic hydroxyl groups excluding tert-OH is 1. The summed E-state index contributed by atoms with van der Waals surface area (Å²) in [6, 6.07) is 9.12. The number of piperidine rings is 1. The van der Waals surface area contributed by atoms with E-state index < -0.39 is 0 Å². The first-order valence-corrected chi connectivity index (χ1v) is 6.96. The van der Waals surface area contributed by atoms with Crippen LogP contribution in [-0.2, 0) is 13.1 Å². The fraction of sp³-hybridized carbons (Fsp3) is 0.600. The highest BCUT2D eigenvalue weighted by Crippen LogP contribution is 2.21. The molecule has 1 atom stereocenters. The molecule has 3 nitrogen and oxygen atoms in total. The van der Waals surface area contributed by atoms with Gasteiger partial charge in [-0.25, -0.2) is 0 Å². The topological polar surface area (TPSA) is 49.5 Å². The number of likely N-dealkylation sites (tertiary alicyclic amines) is 1. The van der Waals surface area contributed by atoms with Gasteiger partial charge in [0.1, 0.15) is 0 Å². The van der Waals surface area contributed by atoms with Gasteiger partial charge in [0.05, 0.1) is 0 Å². The Kier molecular flexibility index (Phi) is 5.17. The van der Waals surface area contributed by atoms with Gasteiger partial charge in [-0.2, -0.15) is 0 Å². The summed E-state index contributed by atoms with van der Waals surface area (Å²) >= 11 is 0. The van der Waals surface area contributed by atoms with Crippen molar-refractivity contribution in [2.45, 2.75) is 44.8 Å². The van der Waals surface area contributed by atoms with Crippen LogP contribution in [0.5, 0.6) is 0 Å². The van der Waals surface area contributed by atoms with Gasteiger partial charge in [-0.05, 0) is 36.9 Å². The number of benzene rings is 1. The molecule has 0 bridgehead atoms. The van der Waals surface area contributed by atoms with Crippen LogP contribution >= 0.6 is 0 Å². The summed E-state index contributed by atoms with van der Waals surface area (Å²) in [5, 5.41) is 9.13. The van der Waals surface area contributed by atoms with E-state index in [0.717, 1.165) is 19.5 Å². The lowest BCUT2D eigenvalue weighted by atomic mass is 9.98. The number of hydrogen-bond donors (Lipinski definition) is 2. The lowest BCUT2D eigenvalue weighted by molar-refractivity contribution is 0.112. The number of hydrogen-bond acceptors (Lipinski definition) is 3. The molecule has 0 aromatic heterocycles. The zero-order chi connectivity index (χ0) is 12.8. The van der Waals surface area contributed by atoms with Gasteiger partial charge in [0.15, 0.2) is 0 Å². The van der Waals surface area contributed by atoms with Gasteiger partial charge in [0, 0.05) is 25.7 Å². The third-order valence-corrected chi connectivity index (χ3v) is 3.86. The van der Waals surface area contributed by atoms with Crippen molar-refractivity contribution in [3.05, 3.63) is 35.4 Å². The van der Waals surface area contributed by atoms with Gasteiger partial charge in [-0.15, -0.1) is 0 Å². The molecule has 0 spiro atoms. The van der Waals surface area contributed by atoms with E-state index in [1.165, 1.54) is 30.4 Å². The molecule has 1 aromatic rings. The second kappa shape index (κ2) is 6.88. The lowest BCUT2D eigenvalue weighted by Gasteiger charge is -2.35. The zero-order valence-electron chi connectivity index (χ0n) is 11.0. The zero-order valence-corrected chi connectivity index (χ0v) is 11.0. The average Bonchev–Trinajstić information content (AvgIpc) is 2.42. The molecule has 1 unspecified atom stereocenters. The molecule has 3 N–H and O–H groups in total. The van der Waals surface area contributed by atoms with Crippen molar-refractivity contribution in [1.29, 1.82) is 0 Å². The number of nitrogens with two attached hydrogens (primary N) is 1. The van der Waals surface area contributed by atoms with Crippen molar-refractivity contribution < 1.29 is 5.11 Å². The molecule has 1 aliphatic heterocycles. The van der Waals surface area contributed by atoms with E-state index in [-0.39, 0.29) is 0 Å². The second-order valence-electron chi connectivity index (χ2n) is 5.15. The minimum atomic E-state index is 0.299. The van der Waals surface area contributed by atoms with Crippen LogP contribution < -0.4 is 5.73 Å². The van der Waals surface area contributed by atoms with Crippen LogP contribution in [0.25, 0.3) is 0 Å². The quantitative estimate of drug-likeness (QED) is 0.836. The Morgan fingerprint density at radius 3 is 2.56 bits per heavy atom. The first-order chi connectivity index (χ1) is 8.83. The van der Waals surface area contributed by atoms with Crippen molar-refractivity contribution in [2.75, 3.05) is 13.2 Å². The van der Waals surface area contributed by atoms with Gasteiger partial charge < -0.3 is 10.8 Å². The Bertz CT molecular complexity index is 348. The van der Waals surface area contributed by atoms with Crippen LogP contribution in [0.2, 0.25) is 0 Å². The van der Waals surface area contributed by atoms with Crippen molar-refractivity contribution in [3.8, 4) is 0 Å². The maximum absolute atomic E-state index is 9.13. The molecule has 1 heterocycles. The monoisotopic (exact) mass is 248 g/mol. The van der Waals surface area contributed by atoms with Crippen molar-refractivity contribution >= 4 is 0 Å². The van der Waals surface area contributed by atoms with E-state index in [0.29, 0.717) is 19.2 Å². The SMILES string of the molecule is NCc1ccc(CN2CCCCC2CCO)cc1. The number of aliphatic hydroxyl groups is 1. The molecule has 1 fully saturated rings. The van der Waals surface area contributed by atoms with Crippen LogP contribution in [0.3, 0.4) is 0 Å². The van der Waals surface area contributed by atoms with E-state index in [9.17, 15) is 0 Å². The van der Waals surface area contributed by atoms with Crippen LogP contribution in [-0.4, -0.2) is 29.2 Å². The highest BCUT2D eigenvalue weighted by molar-refractivity contribution is 5.22. The first-order valence-electron chi connectivity index (χ1n) is 6.96. The molecular formula is C15H24N2O. The first kappa shape index (κ1) is 13.5. The Morgan fingerprint density at radius 2 is 1.89 bits per heavy atom. The predicted molar refractivity (Wildman–Crippen MR) is 74.1 cm³/mol. The van der Waals surface area contributed by atoms with Gasteiger partial charge in [-0.1, -0.05) is 30.7 Å². The summed E-state index contributed by atoms with van der Waals surface area (Å²) in [4.78, 5) is 2.51. The highest BCUT2D eigenvalue weighted by Gasteiger charge is 2.21. The highest BCUT2D eigenvalue weighted by atomic mass is 16.3. The molecule has 2 rings (SSSR count). The maximum Gasteiger partial charge on any atom is 0.0445 e. The van der Waals surface area contributed by atoms with E-state index in [1.54, 1.807) is 0 Å². The van der Waals surface area contributed by atoms with E-state index in [2.05, 4.69) is 29.2 Å². The Hall–Kier alpha value is -0.900. The molecule has 0 radical (unpaired) electrons. The van der Waals surface area contributed by atoms with Crippen LogP contribution in [0.1, 0.15) is 36.8 Å². The van der Waals surface area contributed by atoms with E-state index in [1.807, 2.05) is 0 Å². The summed E-state index contributed by atoms with van der Waals surface area (Å²) in [6.45, 7) is 3.06. The predicted octanol–water partition coefficient (Wildman–Crippen LogP) is 1.88. The van der Waals surface area contributed by atoms with Gasteiger partial charge in [0.2, 0.25) is 0 Å². The van der Waals surface area contributed by atoms with Crippen LogP contribution in [0.15, 0.2) is 24.3 Å². The fourth-order valence-corrected chi connectivity index (χ4v) is 2.76. The normalized spacial score (nSPS) is 21.1. The summed E-state index contributed by atoms with van der Waals surface area (Å²) in [6.07, 6.45) is 4.71. The minimum Gasteiger partial charge on any atom is -0.396 e. The molecule has 1 aromatic carbocycles. The van der Waals surface area contributed by atoms with Crippen LogP contribution in [0, 0.1) is 0 Å². The van der Waals surface area contributed by atoms with Gasteiger partial charge >= 0.3 is 0 Å². The molecule has 1 aliphatic rings. The molecule has 3 heteroatoms. The van der Waals surface area contributed by atoms with Crippen LogP contribution in [0.4, 0.5) is 0 Å². The largest absolute Gasteiger partial charge is 0.396 e. The Balaban J connectivity index is 1.96. The Morgan fingerprint density at radius 1 is 1.17 bits per heavy atom. The lowest BCUT2D eigenvalue weighted by Crippen LogP contribution is -2.39. The van der Waals surface area contributed by atoms with Gasteiger partial charge in [-0.3, -0.25) is 4.90 Å². The smallest absolute Gasteiger partial charge is 0.0445 e. The maximum atomic E-state index is 9.13.